The second-order valence-electron chi connectivity index (χ2n) is 8.73. The van der Waals surface area contributed by atoms with Crippen LogP contribution in [0.4, 0.5) is 0 Å². The number of benzene rings is 3. The predicted octanol–water partition coefficient (Wildman–Crippen LogP) is 5.69. The minimum atomic E-state index is -0.682. The fourth-order valence-corrected chi connectivity index (χ4v) is 4.21. The van der Waals surface area contributed by atoms with Crippen LogP contribution in [0.15, 0.2) is 83.3 Å². The highest BCUT2D eigenvalue weighted by Gasteiger charge is 2.31. The summed E-state index contributed by atoms with van der Waals surface area (Å²) in [5.41, 5.74) is 2.87. The molecule has 184 valence electrons. The summed E-state index contributed by atoms with van der Waals surface area (Å²) in [5.74, 6) is 0.253. The molecule has 35 heavy (non-hydrogen) atoms. The molecule has 0 fully saturated rings. The van der Waals surface area contributed by atoms with Crippen LogP contribution >= 0.6 is 15.9 Å². The SMILES string of the molecule is CCC(C)NC(=O)C(Cc1ccccc1)N(Cc1cccc(Br)c1)C(=O)COc1ccccc1C. The monoisotopic (exact) mass is 536 g/mol. The predicted molar refractivity (Wildman–Crippen MR) is 143 cm³/mol. The Kier molecular flexibility index (Phi) is 9.91. The number of hydrogen-bond acceptors (Lipinski definition) is 3. The smallest absolute Gasteiger partial charge is 0.261 e. The molecule has 2 atom stereocenters. The summed E-state index contributed by atoms with van der Waals surface area (Å²) in [4.78, 5) is 28.8. The third-order valence-corrected chi connectivity index (χ3v) is 6.45. The van der Waals surface area contributed by atoms with Crippen molar-refractivity contribution in [2.45, 2.75) is 52.2 Å². The van der Waals surface area contributed by atoms with E-state index in [0.29, 0.717) is 18.7 Å². The highest BCUT2D eigenvalue weighted by atomic mass is 79.9. The Bertz CT molecular complexity index is 1120. The van der Waals surface area contributed by atoms with E-state index in [1.807, 2.05) is 99.6 Å². The van der Waals surface area contributed by atoms with Crippen molar-refractivity contribution in [2.75, 3.05) is 6.61 Å². The van der Waals surface area contributed by atoms with Gasteiger partial charge in [0.05, 0.1) is 0 Å². The van der Waals surface area contributed by atoms with Gasteiger partial charge < -0.3 is 15.0 Å². The molecule has 3 aromatic carbocycles. The number of para-hydroxylation sites is 1. The highest BCUT2D eigenvalue weighted by Crippen LogP contribution is 2.20. The van der Waals surface area contributed by atoms with Crippen molar-refractivity contribution >= 4 is 27.7 Å². The molecule has 3 aromatic rings. The molecule has 0 aliphatic rings. The van der Waals surface area contributed by atoms with Gasteiger partial charge >= 0.3 is 0 Å². The number of aryl methyl sites for hydroxylation is 1. The van der Waals surface area contributed by atoms with Gasteiger partial charge in [0.1, 0.15) is 11.8 Å². The van der Waals surface area contributed by atoms with Gasteiger partial charge in [0.15, 0.2) is 6.61 Å². The Morgan fingerprint density at radius 1 is 0.971 bits per heavy atom. The molecule has 0 saturated carbocycles. The summed E-state index contributed by atoms with van der Waals surface area (Å²) >= 11 is 3.51. The molecule has 0 spiro atoms. The molecule has 6 heteroatoms. The van der Waals surface area contributed by atoms with Crippen molar-refractivity contribution in [3.05, 3.63) is 100 Å². The summed E-state index contributed by atoms with van der Waals surface area (Å²) < 4.78 is 6.81. The lowest BCUT2D eigenvalue weighted by atomic mass is 10.0. The standard InChI is InChI=1S/C29H33BrN2O3/c1-4-22(3)31-29(34)26(18-23-12-6-5-7-13-23)32(19-24-14-10-15-25(30)17-24)28(33)20-35-27-16-9-8-11-21(27)2/h5-17,22,26H,4,18-20H2,1-3H3,(H,31,34). The Morgan fingerprint density at radius 3 is 2.34 bits per heavy atom. The van der Waals surface area contributed by atoms with E-state index in [0.717, 1.165) is 27.6 Å². The summed E-state index contributed by atoms with van der Waals surface area (Å²) in [6.07, 6.45) is 1.22. The van der Waals surface area contributed by atoms with Crippen LogP contribution in [0.25, 0.3) is 0 Å². The molecule has 5 nitrogen and oxygen atoms in total. The molecule has 0 aromatic heterocycles. The topological polar surface area (TPSA) is 58.6 Å². The Balaban J connectivity index is 1.92. The molecular weight excluding hydrogens is 504 g/mol. The second kappa shape index (κ2) is 13.1. The maximum atomic E-state index is 13.6. The quantitative estimate of drug-likeness (QED) is 0.342. The summed E-state index contributed by atoms with van der Waals surface area (Å²) in [5, 5.41) is 3.08. The van der Waals surface area contributed by atoms with Crippen molar-refractivity contribution in [2.24, 2.45) is 0 Å². The van der Waals surface area contributed by atoms with Gasteiger partial charge in [-0.05, 0) is 55.2 Å². The zero-order chi connectivity index (χ0) is 25.2. The molecule has 0 aliphatic carbocycles. The van der Waals surface area contributed by atoms with Crippen LogP contribution in [0, 0.1) is 6.92 Å². The fourth-order valence-electron chi connectivity index (χ4n) is 3.77. The number of nitrogens with zero attached hydrogens (tertiary/aromatic N) is 1. The van der Waals surface area contributed by atoms with Crippen molar-refractivity contribution in [1.29, 1.82) is 0 Å². The van der Waals surface area contributed by atoms with Gasteiger partial charge in [0.2, 0.25) is 5.91 Å². The second-order valence-corrected chi connectivity index (χ2v) is 9.64. The molecule has 0 bridgehead atoms. The van der Waals surface area contributed by atoms with Crippen molar-refractivity contribution < 1.29 is 14.3 Å². The lowest BCUT2D eigenvalue weighted by molar-refractivity contribution is -0.143. The van der Waals surface area contributed by atoms with E-state index in [1.54, 1.807) is 4.90 Å². The molecule has 3 rings (SSSR count). The van der Waals surface area contributed by atoms with E-state index < -0.39 is 6.04 Å². The number of amides is 2. The average Bonchev–Trinajstić information content (AvgIpc) is 2.86. The fraction of sp³-hybridized carbons (Fsp3) is 0.310. The van der Waals surface area contributed by atoms with Gasteiger partial charge in [-0.1, -0.05) is 83.5 Å². The number of ether oxygens (including phenoxy) is 1. The first-order valence-electron chi connectivity index (χ1n) is 11.9. The summed E-state index contributed by atoms with van der Waals surface area (Å²) in [6.45, 7) is 6.08. The van der Waals surface area contributed by atoms with Gasteiger partial charge in [0, 0.05) is 23.5 Å². The van der Waals surface area contributed by atoms with Crippen LogP contribution < -0.4 is 10.1 Å². The Morgan fingerprint density at radius 2 is 1.66 bits per heavy atom. The third kappa shape index (κ3) is 7.96. The van der Waals surface area contributed by atoms with E-state index in [9.17, 15) is 9.59 Å². The van der Waals surface area contributed by atoms with Crippen LogP contribution in [0.5, 0.6) is 5.75 Å². The van der Waals surface area contributed by atoms with Crippen LogP contribution in [0.1, 0.15) is 37.0 Å². The number of carbonyl (C=O) groups excluding carboxylic acids is 2. The largest absolute Gasteiger partial charge is 0.484 e. The molecule has 2 amide bonds. The number of rotatable bonds is 11. The van der Waals surface area contributed by atoms with Crippen molar-refractivity contribution in [1.82, 2.24) is 10.2 Å². The molecule has 1 N–H and O–H groups in total. The van der Waals surface area contributed by atoms with E-state index in [-0.39, 0.29) is 24.5 Å². The zero-order valence-corrected chi connectivity index (χ0v) is 22.1. The average molecular weight is 537 g/mol. The first-order chi connectivity index (χ1) is 16.9. The number of hydrogen-bond donors (Lipinski definition) is 1. The summed E-state index contributed by atoms with van der Waals surface area (Å²) in [7, 11) is 0. The number of carbonyl (C=O) groups is 2. The number of nitrogens with one attached hydrogen (secondary N) is 1. The first-order valence-corrected chi connectivity index (χ1v) is 12.7. The molecule has 0 saturated heterocycles. The maximum absolute atomic E-state index is 13.6. The van der Waals surface area contributed by atoms with E-state index in [1.165, 1.54) is 0 Å². The summed E-state index contributed by atoms with van der Waals surface area (Å²) in [6, 6.07) is 24.5. The van der Waals surface area contributed by atoms with Gasteiger partial charge in [-0.2, -0.15) is 0 Å². The lowest BCUT2D eigenvalue weighted by Gasteiger charge is -2.32. The third-order valence-electron chi connectivity index (χ3n) is 5.96. The van der Waals surface area contributed by atoms with Gasteiger partial charge in [-0.3, -0.25) is 9.59 Å². The van der Waals surface area contributed by atoms with Crippen molar-refractivity contribution in [3.8, 4) is 5.75 Å². The first kappa shape index (κ1) is 26.5. The zero-order valence-electron chi connectivity index (χ0n) is 20.5. The lowest BCUT2D eigenvalue weighted by Crippen LogP contribution is -2.53. The van der Waals surface area contributed by atoms with E-state index in [4.69, 9.17) is 4.74 Å². The Hall–Kier alpha value is -3.12. The molecular formula is C29H33BrN2O3. The van der Waals surface area contributed by atoms with Gasteiger partial charge in [0.25, 0.3) is 5.91 Å². The minimum absolute atomic E-state index is 0.00631. The molecule has 2 unspecified atom stereocenters. The van der Waals surface area contributed by atoms with Crippen LogP contribution in [0.3, 0.4) is 0 Å². The highest BCUT2D eigenvalue weighted by molar-refractivity contribution is 9.10. The van der Waals surface area contributed by atoms with Crippen LogP contribution in [-0.2, 0) is 22.6 Å². The number of halogens is 1. The molecule has 0 aliphatic heterocycles. The van der Waals surface area contributed by atoms with E-state index >= 15 is 0 Å². The minimum Gasteiger partial charge on any atom is -0.484 e. The molecule has 0 heterocycles. The maximum Gasteiger partial charge on any atom is 0.261 e. The van der Waals surface area contributed by atoms with Crippen LogP contribution in [0.2, 0.25) is 0 Å². The van der Waals surface area contributed by atoms with Gasteiger partial charge in [-0.25, -0.2) is 0 Å². The van der Waals surface area contributed by atoms with Crippen LogP contribution in [-0.4, -0.2) is 35.4 Å². The van der Waals surface area contributed by atoms with E-state index in [2.05, 4.69) is 21.2 Å². The normalized spacial score (nSPS) is 12.5. The molecule has 0 radical (unpaired) electrons. The van der Waals surface area contributed by atoms with Crippen molar-refractivity contribution in [3.63, 3.8) is 0 Å². The Labute approximate surface area is 216 Å². The van der Waals surface area contributed by atoms with Gasteiger partial charge in [-0.15, -0.1) is 0 Å².